The summed E-state index contributed by atoms with van der Waals surface area (Å²) in [5, 5.41) is 14.6. The number of nitrogens with zero attached hydrogens (tertiary/aromatic N) is 2. The van der Waals surface area contributed by atoms with Crippen molar-refractivity contribution in [1.29, 1.82) is 0 Å². The topological polar surface area (TPSA) is 103 Å². The van der Waals surface area contributed by atoms with Crippen LogP contribution in [0.25, 0.3) is 0 Å². The number of nitrogens with one attached hydrogen (secondary N) is 1. The summed E-state index contributed by atoms with van der Waals surface area (Å²) in [5.74, 6) is 1.17. The number of benzene rings is 3. The van der Waals surface area contributed by atoms with Crippen LogP contribution < -0.4 is 14.9 Å². The number of non-ortho nitro benzene ring substituents is 1. The summed E-state index contributed by atoms with van der Waals surface area (Å²) in [5.41, 5.74) is 5.04. The third-order valence-corrected chi connectivity index (χ3v) is 4.36. The molecular formula is C23H21N3O5. The predicted molar refractivity (Wildman–Crippen MR) is 116 cm³/mol. The van der Waals surface area contributed by atoms with Gasteiger partial charge in [-0.3, -0.25) is 14.9 Å². The normalized spacial score (nSPS) is 10.6. The number of methoxy groups -OCH3 is 1. The molecule has 0 saturated carbocycles. The van der Waals surface area contributed by atoms with Crippen LogP contribution in [0, 0.1) is 10.1 Å². The minimum absolute atomic E-state index is 0.0449. The first-order valence-corrected chi connectivity index (χ1v) is 9.44. The van der Waals surface area contributed by atoms with Crippen LogP contribution in [-0.4, -0.2) is 24.2 Å². The van der Waals surface area contributed by atoms with Gasteiger partial charge < -0.3 is 9.47 Å². The Kier molecular flexibility index (Phi) is 7.31. The second-order valence-electron chi connectivity index (χ2n) is 6.60. The first kappa shape index (κ1) is 21.5. The van der Waals surface area contributed by atoms with Gasteiger partial charge in [0.05, 0.1) is 24.7 Å². The van der Waals surface area contributed by atoms with Crippen LogP contribution in [0.5, 0.6) is 11.5 Å². The molecule has 3 aromatic carbocycles. The monoisotopic (exact) mass is 419 g/mol. The number of nitro groups is 1. The fourth-order valence-corrected chi connectivity index (χ4v) is 2.68. The summed E-state index contributed by atoms with van der Waals surface area (Å²) in [7, 11) is 1.59. The van der Waals surface area contributed by atoms with E-state index in [9.17, 15) is 14.9 Å². The smallest absolute Gasteiger partial charge is 0.269 e. The Morgan fingerprint density at radius 2 is 1.58 bits per heavy atom. The summed E-state index contributed by atoms with van der Waals surface area (Å²) >= 11 is 0. The third kappa shape index (κ3) is 6.67. The molecule has 0 bridgehead atoms. The molecule has 0 fully saturated rings. The van der Waals surface area contributed by atoms with Gasteiger partial charge in [0.25, 0.3) is 5.69 Å². The van der Waals surface area contributed by atoms with Gasteiger partial charge in [0.1, 0.15) is 18.1 Å². The number of hydrazone groups is 1. The second kappa shape index (κ2) is 10.5. The molecule has 0 unspecified atom stereocenters. The van der Waals surface area contributed by atoms with Crippen LogP contribution in [0.3, 0.4) is 0 Å². The van der Waals surface area contributed by atoms with Gasteiger partial charge in [-0.15, -0.1) is 0 Å². The Morgan fingerprint density at radius 1 is 0.968 bits per heavy atom. The van der Waals surface area contributed by atoms with Gasteiger partial charge in [0, 0.05) is 12.1 Å². The van der Waals surface area contributed by atoms with Gasteiger partial charge in [0.15, 0.2) is 0 Å². The van der Waals surface area contributed by atoms with E-state index in [1.807, 2.05) is 24.3 Å². The second-order valence-corrected chi connectivity index (χ2v) is 6.60. The fraction of sp³-hybridized carbons (Fsp3) is 0.130. The molecule has 0 radical (unpaired) electrons. The van der Waals surface area contributed by atoms with E-state index in [0.29, 0.717) is 12.4 Å². The molecule has 0 atom stereocenters. The zero-order chi connectivity index (χ0) is 22.1. The van der Waals surface area contributed by atoms with Crippen molar-refractivity contribution in [3.05, 3.63) is 99.6 Å². The van der Waals surface area contributed by atoms with E-state index in [2.05, 4.69) is 10.5 Å². The van der Waals surface area contributed by atoms with E-state index < -0.39 is 4.92 Å². The summed E-state index contributed by atoms with van der Waals surface area (Å²) in [6.45, 7) is 0.298. The number of amides is 1. The Balaban J connectivity index is 1.45. The molecule has 0 spiro atoms. The zero-order valence-corrected chi connectivity index (χ0v) is 16.9. The number of ether oxygens (including phenoxy) is 2. The Bertz CT molecular complexity index is 1050. The molecule has 0 aliphatic rings. The molecule has 3 aromatic rings. The molecule has 1 amide bonds. The quantitative estimate of drug-likeness (QED) is 0.322. The van der Waals surface area contributed by atoms with Gasteiger partial charge in [-0.25, -0.2) is 5.43 Å². The van der Waals surface area contributed by atoms with Crippen molar-refractivity contribution < 1.29 is 19.2 Å². The molecule has 8 heteroatoms. The molecule has 0 heterocycles. The number of hydrogen-bond acceptors (Lipinski definition) is 6. The van der Waals surface area contributed by atoms with Crippen molar-refractivity contribution in [2.45, 2.75) is 13.0 Å². The molecular weight excluding hydrogens is 398 g/mol. The van der Waals surface area contributed by atoms with Crippen LogP contribution in [0.4, 0.5) is 5.69 Å². The van der Waals surface area contributed by atoms with Crippen LogP contribution in [0.1, 0.15) is 16.7 Å². The van der Waals surface area contributed by atoms with Gasteiger partial charge >= 0.3 is 0 Å². The Morgan fingerprint density at radius 3 is 2.19 bits per heavy atom. The highest BCUT2D eigenvalue weighted by Gasteiger charge is 2.05. The molecule has 3 rings (SSSR count). The van der Waals surface area contributed by atoms with Crippen molar-refractivity contribution >= 4 is 17.8 Å². The van der Waals surface area contributed by atoms with E-state index in [4.69, 9.17) is 9.47 Å². The molecule has 31 heavy (non-hydrogen) atoms. The van der Waals surface area contributed by atoms with E-state index in [1.54, 1.807) is 49.7 Å². The lowest BCUT2D eigenvalue weighted by atomic mass is 10.1. The first-order chi connectivity index (χ1) is 15.0. The van der Waals surface area contributed by atoms with Gasteiger partial charge in [-0.05, 0) is 65.2 Å². The Labute approximate surface area is 179 Å². The Hall–Kier alpha value is -4.20. The van der Waals surface area contributed by atoms with E-state index in [0.717, 1.165) is 22.4 Å². The van der Waals surface area contributed by atoms with Crippen LogP contribution in [0.2, 0.25) is 0 Å². The van der Waals surface area contributed by atoms with E-state index in [-0.39, 0.29) is 18.0 Å². The van der Waals surface area contributed by atoms with E-state index in [1.165, 1.54) is 12.1 Å². The number of carbonyl (C=O) groups excluding carboxylic acids is 1. The van der Waals surface area contributed by atoms with Crippen LogP contribution in [-0.2, 0) is 17.8 Å². The molecule has 0 aliphatic heterocycles. The van der Waals surface area contributed by atoms with Gasteiger partial charge in [-0.2, -0.15) is 5.10 Å². The highest BCUT2D eigenvalue weighted by Crippen LogP contribution is 2.16. The molecule has 0 aromatic heterocycles. The molecule has 158 valence electrons. The average molecular weight is 419 g/mol. The van der Waals surface area contributed by atoms with Crippen LogP contribution >= 0.6 is 0 Å². The zero-order valence-electron chi connectivity index (χ0n) is 16.9. The van der Waals surface area contributed by atoms with Crippen molar-refractivity contribution in [3.63, 3.8) is 0 Å². The largest absolute Gasteiger partial charge is 0.497 e. The fourth-order valence-electron chi connectivity index (χ4n) is 2.68. The highest BCUT2D eigenvalue weighted by atomic mass is 16.6. The maximum Gasteiger partial charge on any atom is 0.269 e. The molecule has 1 N–H and O–H groups in total. The molecule has 8 nitrogen and oxygen atoms in total. The number of rotatable bonds is 9. The van der Waals surface area contributed by atoms with Crippen LogP contribution in [0.15, 0.2) is 77.9 Å². The average Bonchev–Trinajstić information content (AvgIpc) is 2.79. The minimum Gasteiger partial charge on any atom is -0.497 e. The molecule has 0 aliphatic carbocycles. The minimum atomic E-state index is -0.438. The summed E-state index contributed by atoms with van der Waals surface area (Å²) in [6, 6.07) is 20.7. The highest BCUT2D eigenvalue weighted by molar-refractivity contribution is 5.83. The van der Waals surface area contributed by atoms with Gasteiger partial charge in [0.2, 0.25) is 5.91 Å². The number of carbonyl (C=O) groups is 1. The first-order valence-electron chi connectivity index (χ1n) is 9.44. The maximum atomic E-state index is 12.0. The van der Waals surface area contributed by atoms with Crippen molar-refractivity contribution in [2.75, 3.05) is 7.11 Å². The predicted octanol–water partition coefficient (Wildman–Crippen LogP) is 3.88. The van der Waals surface area contributed by atoms with Crippen molar-refractivity contribution in [3.8, 4) is 11.5 Å². The maximum absolute atomic E-state index is 12.0. The van der Waals surface area contributed by atoms with E-state index >= 15 is 0 Å². The van der Waals surface area contributed by atoms with Crippen molar-refractivity contribution in [2.24, 2.45) is 5.10 Å². The number of nitro benzene ring substituents is 1. The van der Waals surface area contributed by atoms with Gasteiger partial charge in [-0.1, -0.05) is 12.1 Å². The lowest BCUT2D eigenvalue weighted by Crippen LogP contribution is -2.19. The number of hydrogen-bond donors (Lipinski definition) is 1. The third-order valence-electron chi connectivity index (χ3n) is 4.36. The lowest BCUT2D eigenvalue weighted by molar-refractivity contribution is -0.384. The molecule has 0 saturated heterocycles. The summed E-state index contributed by atoms with van der Waals surface area (Å²) in [6.07, 6.45) is 1.77. The summed E-state index contributed by atoms with van der Waals surface area (Å²) in [4.78, 5) is 22.2. The standard InChI is InChI=1S/C23H21N3O5/c1-30-21-10-4-17(5-11-21)14-23(27)25-24-15-18-6-12-22(13-7-18)31-16-19-2-8-20(9-3-19)26(28)29/h2-13,15H,14,16H2,1H3,(H,25,27)/b24-15-. The lowest BCUT2D eigenvalue weighted by Gasteiger charge is -2.06. The SMILES string of the molecule is COc1ccc(CC(=O)N/N=C\c2ccc(OCc3ccc([N+](=O)[O-])cc3)cc2)cc1. The summed E-state index contributed by atoms with van der Waals surface area (Å²) < 4.78 is 10.8. The van der Waals surface area contributed by atoms with Crippen molar-refractivity contribution in [1.82, 2.24) is 5.43 Å².